The van der Waals surface area contributed by atoms with Gasteiger partial charge in [0.25, 0.3) is 5.91 Å². The minimum Gasteiger partial charge on any atom is -0.489 e. The quantitative estimate of drug-likeness (QED) is 0.775. The first-order valence-corrected chi connectivity index (χ1v) is 8.05. The molecule has 1 atom stereocenters. The molecule has 2 aromatic rings. The molecule has 0 spiro atoms. The van der Waals surface area contributed by atoms with Gasteiger partial charge in [-0.25, -0.2) is 4.79 Å². The van der Waals surface area contributed by atoms with Crippen LogP contribution in [0.2, 0.25) is 0 Å². The van der Waals surface area contributed by atoms with E-state index < -0.39 is 12.1 Å². The average molecular weight is 346 g/mol. The van der Waals surface area contributed by atoms with Crippen molar-refractivity contribution in [1.29, 1.82) is 0 Å². The van der Waals surface area contributed by atoms with E-state index in [0.29, 0.717) is 23.6 Å². The Bertz CT molecular complexity index is 734. The van der Waals surface area contributed by atoms with Crippen LogP contribution in [0.5, 0.6) is 5.75 Å². The van der Waals surface area contributed by atoms with Crippen molar-refractivity contribution in [1.82, 2.24) is 10.5 Å². The fraction of sp³-hybridized carbons (Fsp3) is 0.389. The van der Waals surface area contributed by atoms with E-state index in [0.717, 1.165) is 11.3 Å². The Hall–Kier alpha value is -2.83. The molecule has 2 rings (SSSR count). The number of aromatic nitrogens is 1. The van der Waals surface area contributed by atoms with Gasteiger partial charge in [-0.1, -0.05) is 11.2 Å². The fourth-order valence-corrected chi connectivity index (χ4v) is 2.18. The van der Waals surface area contributed by atoms with E-state index in [1.54, 1.807) is 31.2 Å². The second-order valence-electron chi connectivity index (χ2n) is 5.56. The molecule has 1 aromatic carbocycles. The van der Waals surface area contributed by atoms with Crippen molar-refractivity contribution in [2.75, 3.05) is 6.54 Å². The van der Waals surface area contributed by atoms with Crippen LogP contribution in [-0.4, -0.2) is 29.7 Å². The van der Waals surface area contributed by atoms with Crippen LogP contribution in [0.1, 0.15) is 41.2 Å². The van der Waals surface area contributed by atoms with Crippen molar-refractivity contribution >= 4 is 11.9 Å². The number of aryl methyl sites for hydroxylation is 2. The third kappa shape index (κ3) is 4.82. The lowest BCUT2D eigenvalue weighted by Gasteiger charge is -2.13. The number of likely N-dealkylation sites (N-methyl/N-ethyl adjacent to an activating group) is 1. The topological polar surface area (TPSA) is 90.7 Å². The zero-order valence-electron chi connectivity index (χ0n) is 14.8. The second kappa shape index (κ2) is 8.32. The van der Waals surface area contributed by atoms with Crippen LogP contribution in [0.25, 0.3) is 0 Å². The van der Waals surface area contributed by atoms with Gasteiger partial charge < -0.3 is 19.3 Å². The Morgan fingerprint density at radius 1 is 1.32 bits per heavy atom. The maximum absolute atomic E-state index is 12.2. The molecule has 25 heavy (non-hydrogen) atoms. The van der Waals surface area contributed by atoms with Gasteiger partial charge in [0.1, 0.15) is 18.1 Å². The van der Waals surface area contributed by atoms with Gasteiger partial charge in [0.2, 0.25) is 0 Å². The highest BCUT2D eigenvalue weighted by molar-refractivity contribution is 5.92. The number of hydrogen-bond acceptors (Lipinski definition) is 6. The van der Waals surface area contributed by atoms with E-state index in [-0.39, 0.29) is 12.5 Å². The number of nitrogens with one attached hydrogen (secondary N) is 1. The first-order chi connectivity index (χ1) is 11.9. The molecule has 1 amide bonds. The van der Waals surface area contributed by atoms with Crippen LogP contribution >= 0.6 is 0 Å². The smallest absolute Gasteiger partial charge is 0.339 e. The van der Waals surface area contributed by atoms with Crippen LogP contribution in [0.4, 0.5) is 0 Å². The molecule has 1 N–H and O–H groups in total. The Kier molecular flexibility index (Phi) is 6.16. The maximum atomic E-state index is 12.2. The summed E-state index contributed by atoms with van der Waals surface area (Å²) in [5, 5.41) is 6.48. The maximum Gasteiger partial charge on any atom is 0.339 e. The molecule has 7 heteroatoms. The zero-order valence-corrected chi connectivity index (χ0v) is 14.8. The molecular weight excluding hydrogens is 324 g/mol. The number of esters is 1. The molecule has 0 saturated heterocycles. The third-order valence-corrected chi connectivity index (χ3v) is 3.64. The highest BCUT2D eigenvalue weighted by Gasteiger charge is 2.18. The van der Waals surface area contributed by atoms with Crippen molar-refractivity contribution in [3.8, 4) is 5.75 Å². The molecule has 0 fully saturated rings. The fourth-order valence-electron chi connectivity index (χ4n) is 2.18. The van der Waals surface area contributed by atoms with Gasteiger partial charge in [-0.05, 0) is 45.9 Å². The summed E-state index contributed by atoms with van der Waals surface area (Å²) < 4.78 is 16.0. The highest BCUT2D eigenvalue weighted by atomic mass is 16.5. The van der Waals surface area contributed by atoms with Gasteiger partial charge >= 0.3 is 5.97 Å². The largest absolute Gasteiger partial charge is 0.489 e. The first-order valence-electron chi connectivity index (χ1n) is 8.05. The van der Waals surface area contributed by atoms with Crippen LogP contribution in [0.15, 0.2) is 28.8 Å². The lowest BCUT2D eigenvalue weighted by Crippen LogP contribution is -2.35. The van der Waals surface area contributed by atoms with Gasteiger partial charge in [0.15, 0.2) is 6.10 Å². The number of benzene rings is 1. The second-order valence-corrected chi connectivity index (χ2v) is 5.56. The Morgan fingerprint density at radius 2 is 2.08 bits per heavy atom. The molecule has 0 saturated carbocycles. The van der Waals surface area contributed by atoms with Crippen molar-refractivity contribution < 1.29 is 23.6 Å². The molecule has 0 radical (unpaired) electrons. The van der Waals surface area contributed by atoms with E-state index in [1.807, 2.05) is 13.8 Å². The summed E-state index contributed by atoms with van der Waals surface area (Å²) in [5.41, 5.74) is 1.95. The monoisotopic (exact) mass is 346 g/mol. The molecule has 0 aliphatic carbocycles. The van der Waals surface area contributed by atoms with E-state index >= 15 is 0 Å². The predicted octanol–water partition coefficient (Wildman–Crippen LogP) is 2.55. The van der Waals surface area contributed by atoms with Gasteiger partial charge in [0.05, 0.1) is 16.8 Å². The summed E-state index contributed by atoms with van der Waals surface area (Å²) in [4.78, 5) is 23.8. The summed E-state index contributed by atoms with van der Waals surface area (Å²) in [5.74, 6) is 0.298. The number of ether oxygens (including phenoxy) is 2. The number of amides is 1. The van der Waals surface area contributed by atoms with E-state index in [9.17, 15) is 9.59 Å². The zero-order chi connectivity index (χ0) is 18.4. The Labute approximate surface area is 146 Å². The molecule has 1 aromatic heterocycles. The molecule has 7 nitrogen and oxygen atoms in total. The molecule has 1 heterocycles. The third-order valence-electron chi connectivity index (χ3n) is 3.64. The van der Waals surface area contributed by atoms with Crippen molar-refractivity contribution in [2.45, 2.75) is 40.4 Å². The normalized spacial score (nSPS) is 11.7. The van der Waals surface area contributed by atoms with Crippen LogP contribution in [-0.2, 0) is 16.1 Å². The number of rotatable bonds is 7. The minimum atomic E-state index is -0.862. The van der Waals surface area contributed by atoms with Crippen molar-refractivity contribution in [3.05, 3.63) is 46.8 Å². The number of carbonyl (C=O) groups is 2. The Morgan fingerprint density at radius 3 is 2.72 bits per heavy atom. The first kappa shape index (κ1) is 18.5. The van der Waals surface area contributed by atoms with Gasteiger partial charge in [-0.15, -0.1) is 0 Å². The summed E-state index contributed by atoms with van der Waals surface area (Å²) in [6.45, 7) is 7.74. The predicted molar refractivity (Wildman–Crippen MR) is 90.3 cm³/mol. The highest BCUT2D eigenvalue weighted by Crippen LogP contribution is 2.19. The van der Waals surface area contributed by atoms with Crippen LogP contribution in [0, 0.1) is 13.8 Å². The number of nitrogens with zero attached hydrogens (tertiary/aromatic N) is 1. The standard InChI is InChI=1S/C18H22N2O5/c1-5-19-17(21)13(4)24-18(22)14-7-6-8-15(9-14)23-10-16-11(2)20-25-12(16)3/h6-9,13H,5,10H2,1-4H3,(H,19,21)/t13-/m1/s1. The van der Waals surface area contributed by atoms with Crippen molar-refractivity contribution in [2.24, 2.45) is 0 Å². The lowest BCUT2D eigenvalue weighted by atomic mass is 10.2. The number of carbonyl (C=O) groups excluding carboxylic acids is 2. The van der Waals surface area contributed by atoms with Gasteiger partial charge in [-0.3, -0.25) is 4.79 Å². The lowest BCUT2D eigenvalue weighted by molar-refractivity contribution is -0.128. The van der Waals surface area contributed by atoms with Crippen molar-refractivity contribution in [3.63, 3.8) is 0 Å². The molecule has 134 valence electrons. The van der Waals surface area contributed by atoms with Crippen LogP contribution in [0.3, 0.4) is 0 Å². The average Bonchev–Trinajstić information content (AvgIpc) is 2.91. The Balaban J connectivity index is 2.00. The van der Waals surface area contributed by atoms with E-state index in [4.69, 9.17) is 14.0 Å². The molecule has 0 aliphatic rings. The molecular formula is C18H22N2O5. The SMILES string of the molecule is CCNC(=O)[C@@H](C)OC(=O)c1cccc(OCc2c(C)noc2C)c1. The van der Waals surface area contributed by atoms with E-state index in [1.165, 1.54) is 6.92 Å². The minimum absolute atomic E-state index is 0.287. The number of hydrogen-bond donors (Lipinski definition) is 1. The van der Waals surface area contributed by atoms with Gasteiger partial charge in [0, 0.05) is 6.54 Å². The summed E-state index contributed by atoms with van der Waals surface area (Å²) in [7, 11) is 0. The molecule has 0 bridgehead atoms. The van der Waals surface area contributed by atoms with E-state index in [2.05, 4.69) is 10.5 Å². The van der Waals surface area contributed by atoms with Crippen LogP contribution < -0.4 is 10.1 Å². The van der Waals surface area contributed by atoms with Gasteiger partial charge in [-0.2, -0.15) is 0 Å². The molecule has 0 unspecified atom stereocenters. The summed E-state index contributed by atoms with van der Waals surface area (Å²) >= 11 is 0. The summed E-state index contributed by atoms with van der Waals surface area (Å²) in [6, 6.07) is 6.61. The summed E-state index contributed by atoms with van der Waals surface area (Å²) in [6.07, 6.45) is -0.862. The molecule has 0 aliphatic heterocycles.